The molecule has 0 amide bonds. The van der Waals surface area contributed by atoms with Crippen molar-refractivity contribution in [2.75, 3.05) is 31.7 Å². The number of hydrogen-bond donors (Lipinski definition) is 1. The van der Waals surface area contributed by atoms with Gasteiger partial charge in [-0.15, -0.1) is 0 Å². The third-order valence-electron chi connectivity index (χ3n) is 2.62. The fourth-order valence-corrected chi connectivity index (χ4v) is 1.57. The smallest absolute Gasteiger partial charge is 0.218 e. The first kappa shape index (κ1) is 16.7. The number of nitrogens with zero attached hydrogens (tertiary/aromatic N) is 2. The van der Waals surface area contributed by atoms with Gasteiger partial charge in [0.25, 0.3) is 0 Å². The van der Waals surface area contributed by atoms with E-state index in [1.807, 2.05) is 6.07 Å². The molecule has 1 aromatic rings. The van der Waals surface area contributed by atoms with Crippen LogP contribution in [0.15, 0.2) is 6.07 Å². The van der Waals surface area contributed by atoms with E-state index in [0.29, 0.717) is 19.1 Å². The first-order valence-electron chi connectivity index (χ1n) is 7.50. The Morgan fingerprint density at radius 1 is 1.10 bits per heavy atom. The van der Waals surface area contributed by atoms with E-state index in [4.69, 9.17) is 9.47 Å². The predicted molar refractivity (Wildman–Crippen MR) is 81.5 cm³/mol. The number of anilines is 1. The van der Waals surface area contributed by atoms with Crippen LogP contribution in [0.25, 0.3) is 0 Å². The molecule has 5 heteroatoms. The highest BCUT2D eigenvalue weighted by molar-refractivity contribution is 5.38. The van der Waals surface area contributed by atoms with E-state index in [1.165, 1.54) is 0 Å². The van der Waals surface area contributed by atoms with Gasteiger partial charge < -0.3 is 14.8 Å². The highest BCUT2D eigenvalue weighted by Gasteiger charge is 2.08. The summed E-state index contributed by atoms with van der Waals surface area (Å²) in [5.74, 6) is 2.52. The molecule has 0 unspecified atom stereocenters. The summed E-state index contributed by atoms with van der Waals surface area (Å²) in [5, 5.41) is 3.28. The Balaban J connectivity index is 2.60. The third kappa shape index (κ3) is 6.19. The first-order valence-corrected chi connectivity index (χ1v) is 7.50. The van der Waals surface area contributed by atoms with Gasteiger partial charge in [-0.25, -0.2) is 4.98 Å². The van der Waals surface area contributed by atoms with Gasteiger partial charge in [0.05, 0.1) is 6.61 Å². The van der Waals surface area contributed by atoms with E-state index in [2.05, 4.69) is 43.0 Å². The topological polar surface area (TPSA) is 56.3 Å². The van der Waals surface area contributed by atoms with Crippen molar-refractivity contribution in [2.24, 2.45) is 0 Å². The standard InChI is InChI=1S/C15H27N3O2/c1-5-7-16-13-11-14(18-15(17-13)12(3)4)20-10-9-19-8-6-2/h11-12H,5-10H2,1-4H3,(H,16,17,18). The normalized spacial score (nSPS) is 10.8. The molecule has 0 saturated heterocycles. The van der Waals surface area contributed by atoms with Crippen molar-refractivity contribution >= 4 is 5.82 Å². The maximum Gasteiger partial charge on any atom is 0.218 e. The molecule has 0 bridgehead atoms. The van der Waals surface area contributed by atoms with Crippen molar-refractivity contribution in [3.8, 4) is 5.88 Å². The minimum atomic E-state index is 0.275. The molecule has 1 rings (SSSR count). The maximum atomic E-state index is 5.65. The molecule has 5 nitrogen and oxygen atoms in total. The lowest BCUT2D eigenvalue weighted by atomic mass is 10.2. The van der Waals surface area contributed by atoms with Crippen LogP contribution < -0.4 is 10.1 Å². The van der Waals surface area contributed by atoms with Gasteiger partial charge in [0.2, 0.25) is 5.88 Å². The Hall–Kier alpha value is -1.36. The minimum Gasteiger partial charge on any atom is -0.475 e. The summed E-state index contributed by atoms with van der Waals surface area (Å²) in [7, 11) is 0. The summed E-state index contributed by atoms with van der Waals surface area (Å²) >= 11 is 0. The molecule has 0 saturated carbocycles. The lowest BCUT2D eigenvalue weighted by Crippen LogP contribution is -2.11. The zero-order valence-corrected chi connectivity index (χ0v) is 13.1. The fourth-order valence-electron chi connectivity index (χ4n) is 1.57. The Morgan fingerprint density at radius 2 is 1.90 bits per heavy atom. The van der Waals surface area contributed by atoms with Crippen LogP contribution in [0.4, 0.5) is 5.82 Å². The molecule has 1 aromatic heterocycles. The second-order valence-electron chi connectivity index (χ2n) is 4.99. The average molecular weight is 281 g/mol. The second-order valence-corrected chi connectivity index (χ2v) is 4.99. The molecule has 0 atom stereocenters. The highest BCUT2D eigenvalue weighted by atomic mass is 16.5. The van der Waals surface area contributed by atoms with Gasteiger partial charge in [-0.3, -0.25) is 0 Å². The van der Waals surface area contributed by atoms with Crippen LogP contribution in [0.5, 0.6) is 5.88 Å². The SMILES string of the molecule is CCCNc1cc(OCCOCCC)nc(C(C)C)n1. The summed E-state index contributed by atoms with van der Waals surface area (Å²) < 4.78 is 11.0. The van der Waals surface area contributed by atoms with Crippen LogP contribution in [-0.2, 0) is 4.74 Å². The molecule has 0 fully saturated rings. The van der Waals surface area contributed by atoms with E-state index in [0.717, 1.165) is 37.6 Å². The summed E-state index contributed by atoms with van der Waals surface area (Å²) in [5.41, 5.74) is 0. The van der Waals surface area contributed by atoms with E-state index < -0.39 is 0 Å². The van der Waals surface area contributed by atoms with Gasteiger partial charge >= 0.3 is 0 Å². The molecule has 0 spiro atoms. The van der Waals surface area contributed by atoms with Gasteiger partial charge in [-0.05, 0) is 12.8 Å². The van der Waals surface area contributed by atoms with Gasteiger partial charge in [-0.2, -0.15) is 4.98 Å². The fraction of sp³-hybridized carbons (Fsp3) is 0.733. The second kappa shape index (κ2) is 9.53. The van der Waals surface area contributed by atoms with Crippen LogP contribution in [0, 0.1) is 0 Å². The summed E-state index contributed by atoms with van der Waals surface area (Å²) in [4.78, 5) is 8.92. The van der Waals surface area contributed by atoms with Crippen molar-refractivity contribution in [1.82, 2.24) is 9.97 Å². The van der Waals surface area contributed by atoms with Gasteiger partial charge in [0.1, 0.15) is 18.2 Å². The monoisotopic (exact) mass is 281 g/mol. The average Bonchev–Trinajstić information content (AvgIpc) is 2.44. The Morgan fingerprint density at radius 3 is 2.55 bits per heavy atom. The van der Waals surface area contributed by atoms with Crippen LogP contribution in [0.2, 0.25) is 0 Å². The molecule has 0 aliphatic rings. The van der Waals surface area contributed by atoms with Gasteiger partial charge in [0.15, 0.2) is 0 Å². The van der Waals surface area contributed by atoms with Crippen LogP contribution in [-0.4, -0.2) is 36.3 Å². The van der Waals surface area contributed by atoms with Gasteiger partial charge in [0, 0.05) is 25.1 Å². The molecular weight excluding hydrogens is 254 g/mol. The molecule has 0 radical (unpaired) electrons. The van der Waals surface area contributed by atoms with Crippen molar-refractivity contribution in [3.63, 3.8) is 0 Å². The zero-order valence-electron chi connectivity index (χ0n) is 13.1. The highest BCUT2D eigenvalue weighted by Crippen LogP contribution is 2.18. The molecule has 1 heterocycles. The Labute approximate surface area is 122 Å². The largest absolute Gasteiger partial charge is 0.475 e. The molecule has 114 valence electrons. The lowest BCUT2D eigenvalue weighted by Gasteiger charge is -2.12. The van der Waals surface area contributed by atoms with Crippen molar-refractivity contribution in [2.45, 2.75) is 46.5 Å². The minimum absolute atomic E-state index is 0.275. The Kier molecular flexibility index (Phi) is 7.95. The number of nitrogens with one attached hydrogen (secondary N) is 1. The Bertz CT molecular complexity index is 383. The number of ether oxygens (including phenoxy) is 2. The summed E-state index contributed by atoms with van der Waals surface area (Å²) in [6, 6.07) is 1.85. The van der Waals surface area contributed by atoms with E-state index in [1.54, 1.807) is 0 Å². The molecule has 20 heavy (non-hydrogen) atoms. The predicted octanol–water partition coefficient (Wildman–Crippen LogP) is 3.23. The van der Waals surface area contributed by atoms with Gasteiger partial charge in [-0.1, -0.05) is 27.7 Å². The first-order chi connectivity index (χ1) is 9.67. The zero-order chi connectivity index (χ0) is 14.8. The van der Waals surface area contributed by atoms with Crippen LogP contribution >= 0.6 is 0 Å². The summed E-state index contributed by atoms with van der Waals surface area (Å²) in [6.07, 6.45) is 2.08. The summed E-state index contributed by atoms with van der Waals surface area (Å²) in [6.45, 7) is 11.1. The van der Waals surface area contributed by atoms with E-state index in [-0.39, 0.29) is 5.92 Å². The van der Waals surface area contributed by atoms with Crippen LogP contribution in [0.3, 0.4) is 0 Å². The maximum absolute atomic E-state index is 5.65. The number of aromatic nitrogens is 2. The van der Waals surface area contributed by atoms with Crippen LogP contribution in [0.1, 0.15) is 52.3 Å². The molecule has 1 N–H and O–H groups in total. The third-order valence-corrected chi connectivity index (χ3v) is 2.62. The number of rotatable bonds is 10. The van der Waals surface area contributed by atoms with E-state index >= 15 is 0 Å². The van der Waals surface area contributed by atoms with E-state index in [9.17, 15) is 0 Å². The van der Waals surface area contributed by atoms with Crippen molar-refractivity contribution in [1.29, 1.82) is 0 Å². The molecule has 0 aliphatic heterocycles. The molecular formula is C15H27N3O2. The molecule has 0 aromatic carbocycles. The number of hydrogen-bond acceptors (Lipinski definition) is 5. The molecule has 0 aliphatic carbocycles. The van der Waals surface area contributed by atoms with Crippen molar-refractivity contribution in [3.05, 3.63) is 11.9 Å². The lowest BCUT2D eigenvalue weighted by molar-refractivity contribution is 0.0989. The quantitative estimate of drug-likeness (QED) is 0.667. The van der Waals surface area contributed by atoms with Crippen molar-refractivity contribution < 1.29 is 9.47 Å².